The first-order chi connectivity index (χ1) is 20.4. The minimum atomic E-state index is -0.491. The summed E-state index contributed by atoms with van der Waals surface area (Å²) in [5, 5.41) is 0. The molecular weight excluding hydrogens is 570 g/mol. The number of thiophene rings is 1. The number of halogens is 1. The summed E-state index contributed by atoms with van der Waals surface area (Å²) < 4.78 is 29.3. The molecule has 0 fully saturated rings. The lowest BCUT2D eigenvalue weighted by atomic mass is 10.0. The Morgan fingerprint density at radius 1 is 1.00 bits per heavy atom. The number of aromatic nitrogens is 3. The van der Waals surface area contributed by atoms with Gasteiger partial charge in [-0.15, -0.1) is 11.3 Å². The van der Waals surface area contributed by atoms with Gasteiger partial charge in [-0.05, 0) is 48.6 Å². The van der Waals surface area contributed by atoms with E-state index >= 15 is 4.39 Å². The van der Waals surface area contributed by atoms with E-state index in [9.17, 15) is 4.79 Å². The molecule has 9 heteroatoms. The molecule has 3 aromatic heterocycles. The van der Waals surface area contributed by atoms with Crippen molar-refractivity contribution < 1.29 is 18.7 Å². The number of carbonyl (C=O) groups excluding carboxylic acids is 1. The number of ether oxygens (including phenoxy) is 2. The average molecular weight is 602 g/mol. The van der Waals surface area contributed by atoms with Crippen LogP contribution < -0.4 is 4.74 Å². The molecule has 0 aliphatic heterocycles. The highest BCUT2D eigenvalue weighted by Gasteiger charge is 2.17. The monoisotopic (exact) mass is 601 g/mol. The number of rotatable bonds is 14. The molecule has 2 aromatic carbocycles. The van der Waals surface area contributed by atoms with Crippen molar-refractivity contribution in [2.75, 3.05) is 13.7 Å². The van der Waals surface area contributed by atoms with Gasteiger partial charge in [0.05, 0.1) is 15.1 Å². The molecule has 42 heavy (non-hydrogen) atoms. The van der Waals surface area contributed by atoms with Gasteiger partial charge in [0.2, 0.25) is 0 Å². The summed E-state index contributed by atoms with van der Waals surface area (Å²) in [6.07, 6.45) is 7.40. The maximum absolute atomic E-state index is 15.1. The van der Waals surface area contributed by atoms with Crippen LogP contribution in [0.2, 0.25) is 0 Å². The van der Waals surface area contributed by atoms with Gasteiger partial charge in [-0.2, -0.15) is 0 Å². The summed E-state index contributed by atoms with van der Waals surface area (Å²) in [6, 6.07) is 18.1. The number of ketones is 1. The number of thiocarbonyl (C=S) groups is 1. The number of methoxy groups -OCH3 is 1. The molecule has 0 radical (unpaired) electrons. The Balaban J connectivity index is 1.25. The number of imidazole rings is 1. The predicted molar refractivity (Wildman–Crippen MR) is 169 cm³/mol. The van der Waals surface area contributed by atoms with E-state index in [1.54, 1.807) is 31.5 Å². The number of unbranched alkanes of at least 4 members (excludes halogenated alkanes) is 1. The van der Waals surface area contributed by atoms with Crippen molar-refractivity contribution in [2.45, 2.75) is 38.5 Å². The van der Waals surface area contributed by atoms with Crippen LogP contribution in [0.3, 0.4) is 0 Å². The van der Waals surface area contributed by atoms with E-state index in [2.05, 4.69) is 14.5 Å². The maximum Gasteiger partial charge on any atom is 0.166 e. The molecule has 5 rings (SSSR count). The van der Waals surface area contributed by atoms with Crippen molar-refractivity contribution in [1.29, 1.82) is 0 Å². The number of carbonyl (C=O) groups is 1. The van der Waals surface area contributed by atoms with Gasteiger partial charge >= 0.3 is 0 Å². The Morgan fingerprint density at radius 3 is 2.62 bits per heavy atom. The number of aryl methyl sites for hydroxylation is 1. The van der Waals surface area contributed by atoms with E-state index in [0.717, 1.165) is 58.0 Å². The predicted octanol–water partition coefficient (Wildman–Crippen LogP) is 7.71. The molecule has 216 valence electrons. The number of Topliss-reactive ketones (excluding diaryl/α,β-unsaturated/α-hetero) is 1. The molecule has 0 saturated carbocycles. The minimum absolute atomic E-state index is 0.0486. The zero-order valence-electron chi connectivity index (χ0n) is 23.6. The van der Waals surface area contributed by atoms with Crippen LogP contribution in [0.5, 0.6) is 11.5 Å². The zero-order valence-corrected chi connectivity index (χ0v) is 25.3. The van der Waals surface area contributed by atoms with Gasteiger partial charge in [-0.1, -0.05) is 48.6 Å². The molecule has 3 heterocycles. The third-order valence-corrected chi connectivity index (χ3v) is 8.39. The summed E-state index contributed by atoms with van der Waals surface area (Å²) in [5.41, 5.74) is 3.58. The Labute approximate surface area is 254 Å². The standard InChI is InChI=1S/C33H32FN3O3S2/c1-37-24(10-6-7-15-39-2)21-36-33(37)31-20-28-32(42-31)30(13-14-35-28)40-29-12-11-23(18-27(29)34)17-26(41)19-25(38)16-22-8-4-3-5-9-22/h3-5,8-9,11-14,18,20-21H,6-7,10,15-17,19H2,1-2H3. The number of fused-ring (bicyclic) bond motifs is 1. The minimum Gasteiger partial charge on any atom is -0.453 e. The van der Waals surface area contributed by atoms with Crippen LogP contribution in [0, 0.1) is 5.82 Å². The molecule has 0 unspecified atom stereocenters. The number of hydrogen-bond donors (Lipinski definition) is 0. The van der Waals surface area contributed by atoms with Crippen molar-refractivity contribution in [2.24, 2.45) is 7.05 Å². The molecule has 0 N–H and O–H groups in total. The van der Waals surface area contributed by atoms with Crippen molar-refractivity contribution in [3.05, 3.63) is 95.7 Å². The molecule has 0 bridgehead atoms. The first-order valence-electron chi connectivity index (χ1n) is 13.8. The third-order valence-electron chi connectivity index (χ3n) is 6.97. The number of pyridine rings is 1. The van der Waals surface area contributed by atoms with E-state index in [-0.39, 0.29) is 18.0 Å². The lowest BCUT2D eigenvalue weighted by Crippen LogP contribution is -2.11. The fraction of sp³-hybridized carbons (Fsp3) is 0.273. The Kier molecular flexibility index (Phi) is 9.84. The molecule has 6 nitrogen and oxygen atoms in total. The van der Waals surface area contributed by atoms with Gasteiger partial charge in [0.25, 0.3) is 0 Å². The number of hydrogen-bond acceptors (Lipinski definition) is 7. The lowest BCUT2D eigenvalue weighted by Gasteiger charge is -2.10. The molecule has 0 saturated heterocycles. The number of nitrogens with zero attached hydrogens (tertiary/aromatic N) is 3. The van der Waals surface area contributed by atoms with Crippen molar-refractivity contribution in [3.63, 3.8) is 0 Å². The SMILES string of the molecule is COCCCCc1cnc(-c2cc3nccc(Oc4ccc(CC(=S)CC(=O)Cc5ccccc5)cc4F)c3s2)n1C. The summed E-state index contributed by atoms with van der Waals surface area (Å²) >= 11 is 6.97. The van der Waals surface area contributed by atoms with Crippen molar-refractivity contribution in [1.82, 2.24) is 14.5 Å². The van der Waals surface area contributed by atoms with Gasteiger partial charge in [-0.25, -0.2) is 9.37 Å². The van der Waals surface area contributed by atoms with E-state index in [1.807, 2.05) is 49.6 Å². The van der Waals surface area contributed by atoms with Gasteiger partial charge in [-0.3, -0.25) is 9.78 Å². The second-order valence-corrected chi connectivity index (χ2v) is 11.8. The summed E-state index contributed by atoms with van der Waals surface area (Å²) in [7, 11) is 3.74. The summed E-state index contributed by atoms with van der Waals surface area (Å²) in [5.74, 6) is 1.06. The topological polar surface area (TPSA) is 66.2 Å². The van der Waals surface area contributed by atoms with E-state index in [1.165, 1.54) is 17.4 Å². The fourth-order valence-electron chi connectivity index (χ4n) is 4.82. The van der Waals surface area contributed by atoms with Gasteiger partial charge < -0.3 is 14.0 Å². The second kappa shape index (κ2) is 13.9. The average Bonchev–Trinajstić information content (AvgIpc) is 3.56. The largest absolute Gasteiger partial charge is 0.453 e. The van der Waals surface area contributed by atoms with Crippen LogP contribution in [-0.2, 0) is 35.8 Å². The Morgan fingerprint density at radius 2 is 1.83 bits per heavy atom. The first kappa shape index (κ1) is 29.7. The normalized spacial score (nSPS) is 11.2. The van der Waals surface area contributed by atoms with Crippen LogP contribution in [0.1, 0.15) is 36.1 Å². The zero-order chi connectivity index (χ0) is 29.5. The van der Waals surface area contributed by atoms with E-state index in [4.69, 9.17) is 21.7 Å². The molecular formula is C33H32FN3O3S2. The quantitative estimate of drug-likeness (QED) is 0.0960. The van der Waals surface area contributed by atoms with Crippen LogP contribution in [0.25, 0.3) is 20.9 Å². The summed E-state index contributed by atoms with van der Waals surface area (Å²) in [4.78, 5) is 23.1. The molecule has 0 aliphatic rings. The highest BCUT2D eigenvalue weighted by Crippen LogP contribution is 2.39. The third kappa shape index (κ3) is 7.34. The van der Waals surface area contributed by atoms with Crippen LogP contribution in [-0.4, -0.2) is 38.9 Å². The summed E-state index contributed by atoms with van der Waals surface area (Å²) in [6.45, 7) is 0.752. The molecule has 5 aromatic rings. The van der Waals surface area contributed by atoms with E-state index < -0.39 is 5.82 Å². The van der Waals surface area contributed by atoms with Crippen LogP contribution >= 0.6 is 23.6 Å². The fourth-order valence-corrected chi connectivity index (χ4v) is 6.24. The van der Waals surface area contributed by atoms with E-state index in [0.29, 0.717) is 29.0 Å². The highest BCUT2D eigenvalue weighted by molar-refractivity contribution is 7.80. The van der Waals surface area contributed by atoms with Crippen LogP contribution in [0.15, 0.2) is 73.1 Å². The van der Waals surface area contributed by atoms with Crippen LogP contribution in [0.4, 0.5) is 4.39 Å². The van der Waals surface area contributed by atoms with Crippen molar-refractivity contribution >= 4 is 44.4 Å². The lowest BCUT2D eigenvalue weighted by molar-refractivity contribution is -0.117. The second-order valence-electron chi connectivity index (χ2n) is 10.2. The van der Waals surface area contributed by atoms with Gasteiger partial charge in [0.1, 0.15) is 17.4 Å². The highest BCUT2D eigenvalue weighted by atomic mass is 32.1. The maximum atomic E-state index is 15.1. The smallest absolute Gasteiger partial charge is 0.166 e. The molecule has 0 spiro atoms. The Bertz CT molecular complexity index is 1700. The van der Waals surface area contributed by atoms with Crippen molar-refractivity contribution in [3.8, 4) is 22.2 Å². The molecule has 0 atom stereocenters. The molecule has 0 aliphatic carbocycles. The first-order valence-corrected chi connectivity index (χ1v) is 15.1. The van der Waals surface area contributed by atoms with Gasteiger partial charge in [0.15, 0.2) is 11.6 Å². The van der Waals surface area contributed by atoms with Gasteiger partial charge in [0, 0.05) is 69.0 Å². The molecule has 0 amide bonds. The Hall–Kier alpha value is -3.79. The number of benzene rings is 2.